The monoisotopic (exact) mass is 396 g/mol. The standard InChI is InChI=1S/C21H36O5Si/c1-5-15-25-20-11-7-18(8-12-20)19-9-13-21(14-10-19)26-16-6-17-27(22-2,23-3)24-4/h7-8,11-12,19,21H,5-6,9-10,13-17H2,1-4H3/t19-,21-. The molecule has 1 aromatic rings. The molecule has 0 heterocycles. The fourth-order valence-electron chi connectivity index (χ4n) is 3.71. The van der Waals surface area contributed by atoms with E-state index in [9.17, 15) is 0 Å². The van der Waals surface area contributed by atoms with Crippen molar-refractivity contribution < 1.29 is 22.8 Å². The predicted molar refractivity (Wildman–Crippen MR) is 109 cm³/mol. The summed E-state index contributed by atoms with van der Waals surface area (Å²) in [5.74, 6) is 1.61. The molecule has 154 valence electrons. The van der Waals surface area contributed by atoms with Crippen LogP contribution >= 0.6 is 0 Å². The van der Waals surface area contributed by atoms with E-state index in [4.69, 9.17) is 22.8 Å². The normalized spacial score (nSPS) is 20.6. The largest absolute Gasteiger partial charge is 0.500 e. The van der Waals surface area contributed by atoms with Crippen molar-refractivity contribution in [1.29, 1.82) is 0 Å². The molecular weight excluding hydrogens is 360 g/mol. The molecule has 5 nitrogen and oxygen atoms in total. The van der Waals surface area contributed by atoms with Crippen molar-refractivity contribution in [2.75, 3.05) is 34.5 Å². The van der Waals surface area contributed by atoms with Gasteiger partial charge >= 0.3 is 8.80 Å². The van der Waals surface area contributed by atoms with Crippen LogP contribution in [0.15, 0.2) is 24.3 Å². The minimum atomic E-state index is -2.46. The molecule has 0 aliphatic heterocycles. The number of rotatable bonds is 12. The Morgan fingerprint density at radius 3 is 2.07 bits per heavy atom. The van der Waals surface area contributed by atoms with Crippen LogP contribution in [0.25, 0.3) is 0 Å². The van der Waals surface area contributed by atoms with Gasteiger partial charge in [-0.3, -0.25) is 0 Å². The maximum atomic E-state index is 6.10. The second kappa shape index (κ2) is 11.8. The van der Waals surface area contributed by atoms with Gasteiger partial charge in [-0.15, -0.1) is 0 Å². The lowest BCUT2D eigenvalue weighted by atomic mass is 9.83. The van der Waals surface area contributed by atoms with Gasteiger partial charge in [0.25, 0.3) is 0 Å². The molecule has 0 unspecified atom stereocenters. The van der Waals surface area contributed by atoms with E-state index in [-0.39, 0.29) is 0 Å². The first-order chi connectivity index (χ1) is 13.2. The average Bonchev–Trinajstić information content (AvgIpc) is 2.74. The lowest BCUT2D eigenvalue weighted by Gasteiger charge is -2.29. The highest BCUT2D eigenvalue weighted by molar-refractivity contribution is 6.60. The molecule has 0 radical (unpaired) electrons. The van der Waals surface area contributed by atoms with Crippen molar-refractivity contribution >= 4 is 8.80 Å². The molecule has 2 rings (SSSR count). The Kier molecular flexibility index (Phi) is 9.79. The predicted octanol–water partition coefficient (Wildman–Crippen LogP) is 4.79. The van der Waals surface area contributed by atoms with Crippen molar-refractivity contribution in [3.63, 3.8) is 0 Å². The third-order valence-corrected chi connectivity index (χ3v) is 8.24. The molecule has 0 bridgehead atoms. The van der Waals surface area contributed by atoms with E-state index in [2.05, 4.69) is 31.2 Å². The van der Waals surface area contributed by atoms with Crippen LogP contribution in [0.1, 0.15) is 56.9 Å². The summed E-state index contributed by atoms with van der Waals surface area (Å²) in [4.78, 5) is 0. The summed E-state index contributed by atoms with van der Waals surface area (Å²) in [6.07, 6.45) is 6.94. The lowest BCUT2D eigenvalue weighted by molar-refractivity contribution is 0.0225. The Morgan fingerprint density at radius 1 is 0.889 bits per heavy atom. The van der Waals surface area contributed by atoms with Gasteiger partial charge in [-0.05, 0) is 62.1 Å². The van der Waals surface area contributed by atoms with Crippen LogP contribution in [0.2, 0.25) is 6.04 Å². The first-order valence-electron chi connectivity index (χ1n) is 10.2. The lowest BCUT2D eigenvalue weighted by Crippen LogP contribution is -2.42. The smallest absolute Gasteiger partial charge is 0.494 e. The van der Waals surface area contributed by atoms with E-state index in [1.165, 1.54) is 18.4 Å². The van der Waals surface area contributed by atoms with Crippen molar-refractivity contribution in [2.45, 2.75) is 63.5 Å². The minimum Gasteiger partial charge on any atom is -0.494 e. The Labute approximate surface area is 165 Å². The highest BCUT2D eigenvalue weighted by Crippen LogP contribution is 2.34. The molecule has 1 saturated carbocycles. The van der Waals surface area contributed by atoms with Gasteiger partial charge in [0.1, 0.15) is 5.75 Å². The summed E-state index contributed by atoms with van der Waals surface area (Å²) in [5.41, 5.74) is 1.42. The fraction of sp³-hybridized carbons (Fsp3) is 0.714. The molecule has 0 N–H and O–H groups in total. The van der Waals surface area contributed by atoms with Gasteiger partial charge < -0.3 is 22.8 Å². The number of hydrogen-bond donors (Lipinski definition) is 0. The average molecular weight is 397 g/mol. The van der Waals surface area contributed by atoms with Crippen LogP contribution < -0.4 is 4.74 Å². The van der Waals surface area contributed by atoms with E-state index < -0.39 is 8.80 Å². The van der Waals surface area contributed by atoms with Gasteiger partial charge in [-0.2, -0.15) is 0 Å². The molecular formula is C21H36O5Si. The quantitative estimate of drug-likeness (QED) is 0.376. The van der Waals surface area contributed by atoms with Crippen LogP contribution in [0, 0.1) is 0 Å². The zero-order valence-corrected chi connectivity index (χ0v) is 18.4. The molecule has 1 fully saturated rings. The van der Waals surface area contributed by atoms with Gasteiger partial charge in [-0.1, -0.05) is 19.1 Å². The van der Waals surface area contributed by atoms with Crippen LogP contribution in [0.5, 0.6) is 5.75 Å². The summed E-state index contributed by atoms with van der Waals surface area (Å²) in [6.45, 7) is 3.65. The molecule has 0 spiro atoms. The SMILES string of the molecule is CCCOc1ccc([C@H]2CC[C@H](OCCC[Si](OC)(OC)OC)CC2)cc1. The molecule has 6 heteroatoms. The molecule has 0 amide bonds. The second-order valence-corrected chi connectivity index (χ2v) is 10.3. The molecule has 1 aliphatic carbocycles. The Morgan fingerprint density at radius 2 is 1.52 bits per heavy atom. The van der Waals surface area contributed by atoms with E-state index in [1.807, 2.05) is 0 Å². The van der Waals surface area contributed by atoms with Crippen LogP contribution in [0.4, 0.5) is 0 Å². The first kappa shape index (κ1) is 22.4. The van der Waals surface area contributed by atoms with E-state index in [0.717, 1.165) is 50.7 Å². The first-order valence-corrected chi connectivity index (χ1v) is 12.1. The topological polar surface area (TPSA) is 46.2 Å². The Bertz CT molecular complexity index is 502. The number of hydrogen-bond acceptors (Lipinski definition) is 5. The van der Waals surface area contributed by atoms with Gasteiger partial charge in [0.2, 0.25) is 0 Å². The summed E-state index contributed by atoms with van der Waals surface area (Å²) in [6, 6.07) is 9.44. The number of benzene rings is 1. The van der Waals surface area contributed by atoms with E-state index >= 15 is 0 Å². The van der Waals surface area contributed by atoms with Crippen LogP contribution in [0.3, 0.4) is 0 Å². The van der Waals surface area contributed by atoms with E-state index in [1.54, 1.807) is 21.3 Å². The van der Waals surface area contributed by atoms with E-state index in [0.29, 0.717) is 12.0 Å². The van der Waals surface area contributed by atoms with Crippen LogP contribution in [-0.2, 0) is 18.0 Å². The zero-order chi connectivity index (χ0) is 19.5. The highest BCUT2D eigenvalue weighted by Gasteiger charge is 2.37. The second-order valence-electron chi connectivity index (χ2n) is 7.16. The van der Waals surface area contributed by atoms with Crippen LogP contribution in [-0.4, -0.2) is 49.5 Å². The molecule has 27 heavy (non-hydrogen) atoms. The summed E-state index contributed by atoms with van der Waals surface area (Å²) < 4.78 is 28.1. The number of ether oxygens (including phenoxy) is 2. The Balaban J connectivity index is 1.68. The summed E-state index contributed by atoms with van der Waals surface area (Å²) >= 11 is 0. The maximum Gasteiger partial charge on any atom is 0.500 e. The van der Waals surface area contributed by atoms with Gasteiger partial charge in [0.15, 0.2) is 0 Å². The summed E-state index contributed by atoms with van der Waals surface area (Å²) in [5, 5.41) is 0. The Hall–Kier alpha value is -0.923. The molecule has 0 atom stereocenters. The molecule has 0 aromatic heterocycles. The minimum absolute atomic E-state index is 0.372. The van der Waals surface area contributed by atoms with Gasteiger partial charge in [0.05, 0.1) is 12.7 Å². The van der Waals surface area contributed by atoms with Crippen molar-refractivity contribution in [3.8, 4) is 5.75 Å². The highest BCUT2D eigenvalue weighted by atomic mass is 28.4. The van der Waals surface area contributed by atoms with Crippen molar-refractivity contribution in [2.24, 2.45) is 0 Å². The fourth-order valence-corrected chi connectivity index (χ4v) is 5.40. The van der Waals surface area contributed by atoms with Gasteiger partial charge in [-0.25, -0.2) is 0 Å². The molecule has 1 aromatic carbocycles. The molecule has 0 saturated heterocycles. The van der Waals surface area contributed by atoms with Crippen molar-refractivity contribution in [3.05, 3.63) is 29.8 Å². The van der Waals surface area contributed by atoms with Gasteiger partial charge in [0, 0.05) is 34.0 Å². The third-order valence-electron chi connectivity index (χ3n) is 5.41. The maximum absolute atomic E-state index is 6.10. The zero-order valence-electron chi connectivity index (χ0n) is 17.4. The summed E-state index contributed by atoms with van der Waals surface area (Å²) in [7, 11) is 2.51. The third kappa shape index (κ3) is 6.87. The van der Waals surface area contributed by atoms with Crippen molar-refractivity contribution in [1.82, 2.24) is 0 Å². The molecule has 1 aliphatic rings.